The quantitative estimate of drug-likeness (QED) is 0.474. The maximum Gasteiger partial charge on any atom is 0.325 e. The van der Waals surface area contributed by atoms with Gasteiger partial charge in [-0.25, -0.2) is 4.98 Å². The summed E-state index contributed by atoms with van der Waals surface area (Å²) in [4.78, 5) is 37.9. The summed E-state index contributed by atoms with van der Waals surface area (Å²) in [5.41, 5.74) is 1.43. The average molecular weight is 366 g/mol. The molecule has 0 aliphatic heterocycles. The number of aldehydes is 1. The van der Waals surface area contributed by atoms with Crippen molar-refractivity contribution in [2.24, 2.45) is 0 Å². The Morgan fingerprint density at radius 2 is 1.89 bits per heavy atom. The fourth-order valence-corrected chi connectivity index (χ4v) is 2.03. The zero-order valence-corrected chi connectivity index (χ0v) is 14.9. The van der Waals surface area contributed by atoms with E-state index in [9.17, 15) is 19.5 Å². The lowest BCUT2D eigenvalue weighted by atomic mass is 10.1. The van der Waals surface area contributed by atoms with Crippen LogP contribution in [0.25, 0.3) is 0 Å². The summed E-state index contributed by atoms with van der Waals surface area (Å²) < 4.78 is 4.90. The number of esters is 1. The highest BCUT2D eigenvalue weighted by Crippen LogP contribution is 2.15. The van der Waals surface area contributed by atoms with Gasteiger partial charge in [-0.15, -0.1) is 0 Å². The molecule has 0 aliphatic carbocycles. The van der Waals surface area contributed by atoms with E-state index in [-0.39, 0.29) is 24.1 Å². The van der Waals surface area contributed by atoms with E-state index >= 15 is 0 Å². The normalized spacial score (nSPS) is 9.89. The molecule has 138 valence electrons. The summed E-state index contributed by atoms with van der Waals surface area (Å²) in [5.74, 6) is 4.04. The van der Waals surface area contributed by atoms with Crippen LogP contribution in [0, 0.1) is 11.8 Å². The van der Waals surface area contributed by atoms with Gasteiger partial charge in [0.15, 0.2) is 5.69 Å². The number of hydrogen-bond acceptors (Lipinski definition) is 6. The summed E-state index contributed by atoms with van der Waals surface area (Å²) in [6, 6.07) is 7.99. The third-order valence-electron chi connectivity index (χ3n) is 3.24. The van der Waals surface area contributed by atoms with Gasteiger partial charge in [-0.2, -0.15) is 0 Å². The standard InChI is InChI=1S/C20H18N2O5/c1-13(2)27-18(25)11-22-20(26)19-17(24)9-16(10-21-19)8-5-14-3-6-15(12-23)7-4-14/h3-4,6-7,9-10,12-13,24H,11H2,1-2H3,(H,22,26). The van der Waals surface area contributed by atoms with Crippen molar-refractivity contribution >= 4 is 18.2 Å². The molecule has 0 spiro atoms. The first kappa shape index (κ1) is 19.7. The van der Waals surface area contributed by atoms with Crippen LogP contribution >= 0.6 is 0 Å². The highest BCUT2D eigenvalue weighted by molar-refractivity contribution is 5.96. The van der Waals surface area contributed by atoms with E-state index in [0.29, 0.717) is 16.7 Å². The number of nitrogens with zero attached hydrogens (tertiary/aromatic N) is 1. The van der Waals surface area contributed by atoms with Crippen molar-refractivity contribution in [3.8, 4) is 17.6 Å². The second-order valence-corrected chi connectivity index (χ2v) is 5.80. The van der Waals surface area contributed by atoms with Gasteiger partial charge in [-0.05, 0) is 32.0 Å². The summed E-state index contributed by atoms with van der Waals surface area (Å²) in [6.07, 6.45) is 1.80. The zero-order chi connectivity index (χ0) is 19.8. The fourth-order valence-electron chi connectivity index (χ4n) is 2.03. The Morgan fingerprint density at radius 1 is 1.22 bits per heavy atom. The second kappa shape index (κ2) is 9.15. The summed E-state index contributed by atoms with van der Waals surface area (Å²) in [6.45, 7) is 3.07. The van der Waals surface area contributed by atoms with E-state index in [2.05, 4.69) is 22.1 Å². The third kappa shape index (κ3) is 5.97. The van der Waals surface area contributed by atoms with Crippen LogP contribution in [-0.4, -0.2) is 40.9 Å². The minimum Gasteiger partial charge on any atom is -0.505 e. The highest BCUT2D eigenvalue weighted by Gasteiger charge is 2.15. The van der Waals surface area contributed by atoms with Gasteiger partial charge >= 0.3 is 5.97 Å². The summed E-state index contributed by atoms with van der Waals surface area (Å²) in [7, 11) is 0. The number of nitrogens with one attached hydrogen (secondary N) is 1. The van der Waals surface area contributed by atoms with Crippen LogP contribution < -0.4 is 5.32 Å². The van der Waals surface area contributed by atoms with Gasteiger partial charge in [0.05, 0.1) is 6.10 Å². The molecule has 0 aliphatic rings. The number of ether oxygens (including phenoxy) is 1. The monoisotopic (exact) mass is 366 g/mol. The number of amides is 1. The lowest BCUT2D eigenvalue weighted by molar-refractivity contribution is -0.146. The van der Waals surface area contributed by atoms with Gasteiger partial charge in [0.2, 0.25) is 0 Å². The summed E-state index contributed by atoms with van der Waals surface area (Å²) >= 11 is 0. The van der Waals surface area contributed by atoms with Gasteiger partial charge in [-0.1, -0.05) is 24.0 Å². The Kier molecular flexibility index (Phi) is 6.67. The predicted molar refractivity (Wildman–Crippen MR) is 97.3 cm³/mol. The van der Waals surface area contributed by atoms with Crippen LogP contribution in [0.15, 0.2) is 36.5 Å². The van der Waals surface area contributed by atoms with E-state index in [1.165, 1.54) is 12.3 Å². The van der Waals surface area contributed by atoms with Crippen LogP contribution in [-0.2, 0) is 9.53 Å². The van der Waals surface area contributed by atoms with Crippen LogP contribution in [0.4, 0.5) is 0 Å². The molecule has 0 bridgehead atoms. The van der Waals surface area contributed by atoms with Gasteiger partial charge in [0.25, 0.3) is 5.91 Å². The Hall–Kier alpha value is -3.66. The molecule has 1 heterocycles. The number of carbonyl (C=O) groups is 3. The maximum atomic E-state index is 12.0. The lowest BCUT2D eigenvalue weighted by Gasteiger charge is -2.09. The SMILES string of the molecule is CC(C)OC(=O)CNC(=O)c1ncc(C#Cc2ccc(C=O)cc2)cc1O. The minimum absolute atomic E-state index is 0.215. The molecule has 0 fully saturated rings. The molecule has 0 radical (unpaired) electrons. The molecule has 0 saturated carbocycles. The van der Waals surface area contributed by atoms with Crippen LogP contribution in [0.3, 0.4) is 0 Å². The lowest BCUT2D eigenvalue weighted by Crippen LogP contribution is -2.32. The van der Waals surface area contributed by atoms with E-state index in [1.54, 1.807) is 38.1 Å². The van der Waals surface area contributed by atoms with Gasteiger partial charge in [-0.3, -0.25) is 14.4 Å². The van der Waals surface area contributed by atoms with Gasteiger partial charge in [0.1, 0.15) is 18.6 Å². The van der Waals surface area contributed by atoms with Crippen molar-refractivity contribution in [2.75, 3.05) is 6.54 Å². The molecule has 7 nitrogen and oxygen atoms in total. The number of aromatic nitrogens is 1. The fraction of sp³-hybridized carbons (Fsp3) is 0.200. The minimum atomic E-state index is -0.697. The highest BCUT2D eigenvalue weighted by atomic mass is 16.5. The zero-order valence-electron chi connectivity index (χ0n) is 14.9. The van der Waals surface area contributed by atoms with Crippen molar-refractivity contribution in [1.82, 2.24) is 10.3 Å². The molecule has 0 saturated heterocycles. The molecule has 0 unspecified atom stereocenters. The summed E-state index contributed by atoms with van der Waals surface area (Å²) in [5, 5.41) is 12.3. The maximum absolute atomic E-state index is 12.0. The van der Waals surface area contributed by atoms with Crippen molar-refractivity contribution in [1.29, 1.82) is 0 Å². The topological polar surface area (TPSA) is 106 Å². The number of pyridine rings is 1. The first-order valence-corrected chi connectivity index (χ1v) is 8.13. The first-order chi connectivity index (χ1) is 12.9. The smallest absolute Gasteiger partial charge is 0.325 e. The molecule has 7 heteroatoms. The molecular weight excluding hydrogens is 348 g/mol. The van der Waals surface area contributed by atoms with Crippen molar-refractivity contribution in [2.45, 2.75) is 20.0 Å². The number of carbonyl (C=O) groups excluding carboxylic acids is 3. The Bertz CT molecular complexity index is 908. The molecule has 27 heavy (non-hydrogen) atoms. The third-order valence-corrected chi connectivity index (χ3v) is 3.24. The molecule has 0 atom stereocenters. The second-order valence-electron chi connectivity index (χ2n) is 5.80. The van der Waals surface area contributed by atoms with E-state index in [1.807, 2.05) is 0 Å². The Balaban J connectivity index is 2.04. The predicted octanol–water partition coefficient (Wildman–Crippen LogP) is 1.68. The van der Waals surface area contributed by atoms with Crippen molar-refractivity contribution in [3.05, 3.63) is 58.9 Å². The molecule has 2 rings (SSSR count). The van der Waals surface area contributed by atoms with E-state index in [4.69, 9.17) is 4.74 Å². The van der Waals surface area contributed by atoms with Crippen LogP contribution in [0.1, 0.15) is 45.8 Å². The first-order valence-electron chi connectivity index (χ1n) is 8.13. The Labute approximate surface area is 156 Å². The molecule has 2 aromatic rings. The number of benzene rings is 1. The van der Waals surface area contributed by atoms with Crippen molar-refractivity contribution < 1.29 is 24.2 Å². The Morgan fingerprint density at radius 3 is 2.48 bits per heavy atom. The largest absolute Gasteiger partial charge is 0.505 e. The molecular formula is C20H18N2O5. The average Bonchev–Trinajstić information content (AvgIpc) is 2.64. The number of rotatable bonds is 5. The molecule has 1 aromatic carbocycles. The molecule has 1 amide bonds. The van der Waals surface area contributed by atoms with Gasteiger partial charge in [0, 0.05) is 22.9 Å². The van der Waals surface area contributed by atoms with Crippen LogP contribution in [0.2, 0.25) is 0 Å². The number of aromatic hydroxyl groups is 1. The van der Waals surface area contributed by atoms with Crippen LogP contribution in [0.5, 0.6) is 5.75 Å². The molecule has 2 N–H and O–H groups in total. The van der Waals surface area contributed by atoms with Crippen molar-refractivity contribution in [3.63, 3.8) is 0 Å². The number of hydrogen-bond donors (Lipinski definition) is 2. The van der Waals surface area contributed by atoms with Gasteiger partial charge < -0.3 is 15.2 Å². The molecule has 1 aromatic heterocycles. The van der Waals surface area contributed by atoms with E-state index < -0.39 is 11.9 Å². The van der Waals surface area contributed by atoms with E-state index in [0.717, 1.165) is 6.29 Å².